The lowest BCUT2D eigenvalue weighted by Gasteiger charge is -2.32. The molecule has 0 fully saturated rings. The van der Waals surface area contributed by atoms with Gasteiger partial charge < -0.3 is 10.2 Å². The van der Waals surface area contributed by atoms with E-state index in [0.717, 1.165) is 17.5 Å². The maximum absolute atomic E-state index is 13.8. The zero-order valence-corrected chi connectivity index (χ0v) is 23.1. The van der Waals surface area contributed by atoms with Crippen molar-refractivity contribution in [1.29, 1.82) is 0 Å². The van der Waals surface area contributed by atoms with E-state index in [9.17, 15) is 9.59 Å². The molecule has 190 valence electrons. The van der Waals surface area contributed by atoms with Crippen LogP contribution >= 0.6 is 46.4 Å². The van der Waals surface area contributed by atoms with Crippen molar-refractivity contribution in [1.82, 2.24) is 10.2 Å². The van der Waals surface area contributed by atoms with E-state index >= 15 is 0 Å². The number of benzene rings is 3. The molecular weight excluding hydrogens is 538 g/mol. The molecule has 4 nitrogen and oxygen atoms in total. The lowest BCUT2D eigenvalue weighted by molar-refractivity contribution is -0.141. The van der Waals surface area contributed by atoms with Gasteiger partial charge in [-0.05, 0) is 54.3 Å². The van der Waals surface area contributed by atoms with Crippen LogP contribution in [0.5, 0.6) is 0 Å². The smallest absolute Gasteiger partial charge is 0.243 e. The molecule has 0 aromatic heterocycles. The Labute approximate surface area is 232 Å². The van der Waals surface area contributed by atoms with Crippen LogP contribution in [0, 0.1) is 0 Å². The van der Waals surface area contributed by atoms with Crippen molar-refractivity contribution in [2.45, 2.75) is 51.7 Å². The molecule has 0 spiro atoms. The van der Waals surface area contributed by atoms with Crippen molar-refractivity contribution in [2.75, 3.05) is 0 Å². The minimum Gasteiger partial charge on any atom is -0.352 e. The topological polar surface area (TPSA) is 49.4 Å². The summed E-state index contributed by atoms with van der Waals surface area (Å²) in [7, 11) is 0. The molecule has 0 saturated heterocycles. The predicted octanol–water partition coefficient (Wildman–Crippen LogP) is 7.40. The van der Waals surface area contributed by atoms with Gasteiger partial charge in [0.2, 0.25) is 11.8 Å². The van der Waals surface area contributed by atoms with Crippen molar-refractivity contribution in [3.05, 3.63) is 104 Å². The highest BCUT2D eigenvalue weighted by Crippen LogP contribution is 2.28. The maximum atomic E-state index is 13.8. The number of hydrogen-bond donors (Lipinski definition) is 1. The van der Waals surface area contributed by atoms with Gasteiger partial charge in [0.15, 0.2) is 0 Å². The third kappa shape index (κ3) is 7.63. The summed E-state index contributed by atoms with van der Waals surface area (Å²) in [5, 5.41) is 4.63. The van der Waals surface area contributed by atoms with E-state index < -0.39 is 6.04 Å². The molecule has 1 N–H and O–H groups in total. The molecule has 2 atom stereocenters. The van der Waals surface area contributed by atoms with Gasteiger partial charge in [-0.25, -0.2) is 0 Å². The summed E-state index contributed by atoms with van der Waals surface area (Å²) in [6.07, 6.45) is 1.05. The second-order valence-electron chi connectivity index (χ2n) is 8.67. The number of halogens is 4. The Morgan fingerprint density at radius 1 is 0.833 bits per heavy atom. The highest BCUT2D eigenvalue weighted by atomic mass is 35.5. The van der Waals surface area contributed by atoms with E-state index in [4.69, 9.17) is 46.4 Å². The molecule has 0 aliphatic heterocycles. The Morgan fingerprint density at radius 2 is 1.50 bits per heavy atom. The van der Waals surface area contributed by atoms with E-state index in [1.807, 2.05) is 44.2 Å². The molecule has 0 bridgehead atoms. The van der Waals surface area contributed by atoms with Gasteiger partial charge in [-0.2, -0.15) is 0 Å². The molecule has 3 aromatic carbocycles. The Balaban J connectivity index is 2.03. The van der Waals surface area contributed by atoms with Crippen LogP contribution in [0.4, 0.5) is 0 Å². The largest absolute Gasteiger partial charge is 0.352 e. The van der Waals surface area contributed by atoms with Crippen LogP contribution in [-0.4, -0.2) is 28.8 Å². The molecule has 0 heterocycles. The van der Waals surface area contributed by atoms with Crippen LogP contribution in [-0.2, 0) is 29.0 Å². The van der Waals surface area contributed by atoms with Crippen LogP contribution in [0.3, 0.4) is 0 Å². The minimum atomic E-state index is -0.774. The SMILES string of the molecule is CC[C@@H](C)NC(=O)[C@@H](Cc1ccccc1)N(Cc1ccc(Cl)c(Cl)c1)C(=O)Cc1c(Cl)cccc1Cl. The number of amides is 2. The zero-order valence-electron chi connectivity index (χ0n) is 20.1. The Kier molecular flexibility index (Phi) is 10.5. The third-order valence-electron chi connectivity index (χ3n) is 6.00. The quantitative estimate of drug-likeness (QED) is 0.278. The van der Waals surface area contributed by atoms with Gasteiger partial charge >= 0.3 is 0 Å². The van der Waals surface area contributed by atoms with Crippen LogP contribution in [0.25, 0.3) is 0 Å². The molecular formula is C28H28Cl4N2O2. The van der Waals surface area contributed by atoms with Gasteiger partial charge in [0, 0.05) is 29.1 Å². The average molecular weight is 566 g/mol. The Morgan fingerprint density at radius 3 is 2.11 bits per heavy atom. The van der Waals surface area contributed by atoms with Crippen molar-refractivity contribution >= 4 is 58.2 Å². The predicted molar refractivity (Wildman–Crippen MR) is 149 cm³/mol. The normalized spacial score (nSPS) is 12.6. The van der Waals surface area contributed by atoms with Crippen LogP contribution in [0.15, 0.2) is 66.7 Å². The highest BCUT2D eigenvalue weighted by molar-refractivity contribution is 6.42. The van der Waals surface area contributed by atoms with Crippen molar-refractivity contribution in [3.63, 3.8) is 0 Å². The van der Waals surface area contributed by atoms with Gasteiger partial charge in [-0.3, -0.25) is 9.59 Å². The van der Waals surface area contributed by atoms with E-state index in [-0.39, 0.29) is 30.8 Å². The van der Waals surface area contributed by atoms with Crippen LogP contribution < -0.4 is 5.32 Å². The lowest BCUT2D eigenvalue weighted by Crippen LogP contribution is -2.52. The molecule has 0 aliphatic rings. The standard InChI is InChI=1S/C28H28Cl4N2O2/c1-3-18(2)33-28(36)26(15-19-8-5-4-6-9-19)34(17-20-12-13-24(31)25(32)14-20)27(35)16-21-22(29)10-7-11-23(21)30/h4-14,18,26H,3,15-17H2,1-2H3,(H,33,36)/t18-,26-/m1/s1. The molecule has 0 saturated carbocycles. The number of nitrogens with one attached hydrogen (secondary N) is 1. The molecule has 3 rings (SSSR count). The summed E-state index contributed by atoms with van der Waals surface area (Å²) in [5.41, 5.74) is 2.20. The second kappa shape index (κ2) is 13.3. The van der Waals surface area contributed by atoms with E-state index in [2.05, 4.69) is 5.32 Å². The fourth-order valence-corrected chi connectivity index (χ4v) is 4.64. The number of hydrogen-bond acceptors (Lipinski definition) is 2. The number of carbonyl (C=O) groups is 2. The summed E-state index contributed by atoms with van der Waals surface area (Å²) >= 11 is 25.1. The van der Waals surface area contributed by atoms with Gasteiger partial charge in [0.25, 0.3) is 0 Å². The summed E-state index contributed by atoms with van der Waals surface area (Å²) in [4.78, 5) is 29.0. The van der Waals surface area contributed by atoms with Crippen molar-refractivity contribution in [3.8, 4) is 0 Å². The maximum Gasteiger partial charge on any atom is 0.243 e. The Bertz CT molecular complexity index is 1180. The first-order chi connectivity index (χ1) is 17.2. The molecule has 0 unspecified atom stereocenters. The van der Waals surface area contributed by atoms with E-state index in [0.29, 0.717) is 32.1 Å². The molecule has 0 radical (unpaired) electrons. The number of rotatable bonds is 10. The molecule has 36 heavy (non-hydrogen) atoms. The molecule has 2 amide bonds. The summed E-state index contributed by atoms with van der Waals surface area (Å²) in [6, 6.07) is 19.1. The number of carbonyl (C=O) groups excluding carboxylic acids is 2. The second-order valence-corrected chi connectivity index (χ2v) is 10.3. The van der Waals surface area contributed by atoms with Gasteiger partial charge in [-0.1, -0.05) is 95.8 Å². The molecule has 8 heteroatoms. The fourth-order valence-electron chi connectivity index (χ4n) is 3.78. The van der Waals surface area contributed by atoms with Gasteiger partial charge in [0.1, 0.15) is 6.04 Å². The van der Waals surface area contributed by atoms with E-state index in [1.165, 1.54) is 0 Å². The third-order valence-corrected chi connectivity index (χ3v) is 7.45. The summed E-state index contributed by atoms with van der Waals surface area (Å²) in [5.74, 6) is -0.511. The van der Waals surface area contributed by atoms with Crippen molar-refractivity contribution in [2.24, 2.45) is 0 Å². The first kappa shape index (κ1) is 28.3. The first-order valence-electron chi connectivity index (χ1n) is 11.7. The molecule has 3 aromatic rings. The monoisotopic (exact) mass is 564 g/mol. The summed E-state index contributed by atoms with van der Waals surface area (Å²) < 4.78 is 0. The summed E-state index contributed by atoms with van der Waals surface area (Å²) in [6.45, 7) is 4.09. The Hall–Kier alpha value is -2.24. The lowest BCUT2D eigenvalue weighted by atomic mass is 10.0. The van der Waals surface area contributed by atoms with Crippen LogP contribution in [0.2, 0.25) is 20.1 Å². The van der Waals surface area contributed by atoms with Crippen molar-refractivity contribution < 1.29 is 9.59 Å². The van der Waals surface area contributed by atoms with Gasteiger partial charge in [-0.15, -0.1) is 0 Å². The average Bonchev–Trinajstić information content (AvgIpc) is 2.86. The van der Waals surface area contributed by atoms with Gasteiger partial charge in [0.05, 0.1) is 16.5 Å². The minimum absolute atomic E-state index is 0.0456. The molecule has 0 aliphatic carbocycles. The highest BCUT2D eigenvalue weighted by Gasteiger charge is 2.31. The van der Waals surface area contributed by atoms with Crippen LogP contribution in [0.1, 0.15) is 37.0 Å². The first-order valence-corrected chi connectivity index (χ1v) is 13.2. The van der Waals surface area contributed by atoms with E-state index in [1.54, 1.807) is 41.3 Å². The fraction of sp³-hybridized carbons (Fsp3) is 0.286. The zero-order chi connectivity index (χ0) is 26.2. The number of nitrogens with zero attached hydrogens (tertiary/aromatic N) is 1.